The van der Waals surface area contributed by atoms with Crippen LogP contribution in [0.15, 0.2) is 35.5 Å². The fraction of sp³-hybridized carbons (Fsp3) is 0. The number of hydrogen-bond donors (Lipinski definition) is 1. The van der Waals surface area contributed by atoms with Gasteiger partial charge in [0, 0.05) is 10.1 Å². The number of nitrogens with zero attached hydrogens (tertiary/aromatic N) is 3. The molecule has 0 spiro atoms. The van der Waals surface area contributed by atoms with E-state index in [0.29, 0.717) is 14.9 Å². The van der Waals surface area contributed by atoms with Gasteiger partial charge in [-0.2, -0.15) is 5.26 Å². The Bertz CT molecular complexity index is 811. The maximum atomic E-state index is 10.1. The van der Waals surface area contributed by atoms with Crippen molar-refractivity contribution in [2.45, 2.75) is 0 Å². The first kappa shape index (κ1) is 11.8. The van der Waals surface area contributed by atoms with Crippen molar-refractivity contribution in [1.82, 2.24) is 4.98 Å². The lowest BCUT2D eigenvalue weighted by Crippen LogP contribution is -1.73. The maximum absolute atomic E-state index is 10.1. The van der Waals surface area contributed by atoms with Gasteiger partial charge in [-0.1, -0.05) is 23.5 Å². The predicted octanol–water partition coefficient (Wildman–Crippen LogP) is 3.69. The summed E-state index contributed by atoms with van der Waals surface area (Å²) >= 11 is 2.69. The average Bonchev–Trinajstić information content (AvgIpc) is 3.02. The molecule has 3 rings (SSSR count). The van der Waals surface area contributed by atoms with E-state index in [1.165, 1.54) is 28.9 Å². The molecule has 0 aliphatic rings. The van der Waals surface area contributed by atoms with Gasteiger partial charge in [-0.3, -0.25) is 0 Å². The number of aromatic hydroxyl groups is 1. The summed E-state index contributed by atoms with van der Waals surface area (Å²) in [5.41, 5.74) is 0. The Morgan fingerprint density at radius 1 is 1.32 bits per heavy atom. The molecule has 19 heavy (non-hydrogen) atoms. The minimum atomic E-state index is 0.237. The van der Waals surface area contributed by atoms with Crippen LogP contribution in [0, 0.1) is 11.3 Å². The van der Waals surface area contributed by atoms with Crippen LogP contribution in [0.4, 0.5) is 5.13 Å². The molecule has 3 aromatic rings. The van der Waals surface area contributed by atoms with Gasteiger partial charge in [-0.15, -0.1) is 11.3 Å². The molecule has 0 bridgehead atoms. The molecule has 2 aromatic heterocycles. The van der Waals surface area contributed by atoms with Gasteiger partial charge in [0.1, 0.15) is 16.7 Å². The molecule has 0 amide bonds. The third-order valence-electron chi connectivity index (χ3n) is 2.49. The Hall–Kier alpha value is -2.23. The van der Waals surface area contributed by atoms with Crippen molar-refractivity contribution in [1.29, 1.82) is 5.26 Å². The molecule has 0 aliphatic carbocycles. The lowest BCUT2D eigenvalue weighted by atomic mass is 10.2. The Kier molecular flexibility index (Phi) is 2.99. The fourth-order valence-corrected chi connectivity index (χ4v) is 3.16. The van der Waals surface area contributed by atoms with Crippen molar-refractivity contribution in [2.75, 3.05) is 0 Å². The molecule has 0 saturated heterocycles. The number of benzene rings is 1. The maximum Gasteiger partial charge on any atom is 0.210 e. The Balaban J connectivity index is 1.97. The number of aromatic nitrogens is 1. The molecule has 2 heterocycles. The first-order valence-corrected chi connectivity index (χ1v) is 7.02. The largest absolute Gasteiger partial charge is 0.506 e. The van der Waals surface area contributed by atoms with E-state index >= 15 is 0 Å². The van der Waals surface area contributed by atoms with Crippen LogP contribution in [0.3, 0.4) is 0 Å². The van der Waals surface area contributed by atoms with Gasteiger partial charge in [-0.05, 0) is 12.1 Å². The zero-order valence-electron chi connectivity index (χ0n) is 9.57. The van der Waals surface area contributed by atoms with Crippen molar-refractivity contribution < 1.29 is 5.11 Å². The van der Waals surface area contributed by atoms with Gasteiger partial charge in [0.2, 0.25) is 5.13 Å². The highest BCUT2D eigenvalue weighted by molar-refractivity contribution is 7.21. The molecule has 92 valence electrons. The fourth-order valence-electron chi connectivity index (χ4n) is 1.63. The number of rotatable bonds is 2. The van der Waals surface area contributed by atoms with Crippen molar-refractivity contribution >= 4 is 44.1 Å². The van der Waals surface area contributed by atoms with Gasteiger partial charge in [0.05, 0.1) is 17.3 Å². The zero-order valence-corrected chi connectivity index (χ0v) is 11.2. The summed E-state index contributed by atoms with van der Waals surface area (Å²) in [7, 11) is 0. The summed E-state index contributed by atoms with van der Waals surface area (Å²) in [6.45, 7) is 0. The molecular formula is C13H7N3OS2. The summed E-state index contributed by atoms with van der Waals surface area (Å²) in [5.74, 6) is 0.237. The molecule has 6 heteroatoms. The highest BCUT2D eigenvalue weighted by Gasteiger charge is 2.08. The number of aliphatic imine (C=N–C) groups is 1. The minimum Gasteiger partial charge on any atom is -0.506 e. The summed E-state index contributed by atoms with van der Waals surface area (Å²) in [5, 5.41) is 20.1. The molecule has 0 fully saturated rings. The zero-order chi connectivity index (χ0) is 13.2. The van der Waals surface area contributed by atoms with E-state index in [0.717, 1.165) is 10.1 Å². The monoisotopic (exact) mass is 285 g/mol. The van der Waals surface area contributed by atoms with Crippen molar-refractivity contribution in [3.63, 3.8) is 0 Å². The number of thiophene rings is 1. The van der Waals surface area contributed by atoms with Gasteiger partial charge in [0.15, 0.2) is 0 Å². The van der Waals surface area contributed by atoms with E-state index < -0.39 is 0 Å². The normalized spacial score (nSPS) is 11.1. The summed E-state index contributed by atoms with van der Waals surface area (Å²) < 4.78 is 1.01. The second-order valence-electron chi connectivity index (χ2n) is 3.69. The van der Waals surface area contributed by atoms with Crippen LogP contribution >= 0.6 is 22.7 Å². The second-order valence-corrected chi connectivity index (χ2v) is 5.78. The van der Waals surface area contributed by atoms with E-state index in [2.05, 4.69) is 9.98 Å². The van der Waals surface area contributed by atoms with Gasteiger partial charge in [0.25, 0.3) is 0 Å². The summed E-state index contributed by atoms with van der Waals surface area (Å²) in [6.07, 6.45) is 3.07. The van der Waals surface area contributed by atoms with Crippen LogP contribution in [0.25, 0.3) is 10.1 Å². The van der Waals surface area contributed by atoms with Crippen LogP contribution in [0.2, 0.25) is 0 Å². The van der Waals surface area contributed by atoms with Gasteiger partial charge in [-0.25, -0.2) is 9.98 Å². The van der Waals surface area contributed by atoms with Crippen molar-refractivity contribution in [2.24, 2.45) is 4.99 Å². The van der Waals surface area contributed by atoms with Crippen LogP contribution in [-0.4, -0.2) is 16.3 Å². The Morgan fingerprint density at radius 3 is 2.89 bits per heavy atom. The number of nitriles is 1. The third kappa shape index (κ3) is 2.21. The molecule has 4 nitrogen and oxygen atoms in total. The third-order valence-corrected chi connectivity index (χ3v) is 4.40. The molecule has 0 radical (unpaired) electrons. The molecule has 0 aliphatic heterocycles. The van der Waals surface area contributed by atoms with Gasteiger partial charge < -0.3 is 5.11 Å². The van der Waals surface area contributed by atoms with Crippen molar-refractivity contribution in [3.05, 3.63) is 40.2 Å². The van der Waals surface area contributed by atoms with E-state index in [-0.39, 0.29) is 5.75 Å². The molecule has 1 aromatic carbocycles. The molecule has 1 N–H and O–H groups in total. The molecule has 0 unspecified atom stereocenters. The second kappa shape index (κ2) is 4.80. The van der Waals surface area contributed by atoms with E-state index in [9.17, 15) is 5.11 Å². The quantitative estimate of drug-likeness (QED) is 0.730. The summed E-state index contributed by atoms with van der Waals surface area (Å²) in [6, 6.07) is 9.65. The predicted molar refractivity (Wildman–Crippen MR) is 77.6 cm³/mol. The smallest absolute Gasteiger partial charge is 0.210 e. The van der Waals surface area contributed by atoms with E-state index in [1.54, 1.807) is 6.21 Å². The lowest BCUT2D eigenvalue weighted by molar-refractivity contribution is 0.483. The first-order chi connectivity index (χ1) is 9.28. The standard InChI is InChI=1S/C13H7N3OS2/c14-5-8-6-15-13(18-8)16-7-11-12(17)9-3-1-2-4-10(9)19-11/h1-4,6-7,17H. The topological polar surface area (TPSA) is 69.3 Å². The number of fused-ring (bicyclic) bond motifs is 1. The van der Waals surface area contributed by atoms with Crippen LogP contribution in [0.1, 0.15) is 9.75 Å². The van der Waals surface area contributed by atoms with Crippen LogP contribution in [0.5, 0.6) is 5.75 Å². The first-order valence-electron chi connectivity index (χ1n) is 5.38. The van der Waals surface area contributed by atoms with Crippen molar-refractivity contribution in [3.8, 4) is 11.8 Å². The molecular weight excluding hydrogens is 278 g/mol. The van der Waals surface area contributed by atoms with Gasteiger partial charge >= 0.3 is 0 Å². The van der Waals surface area contributed by atoms with Crippen LogP contribution in [-0.2, 0) is 0 Å². The average molecular weight is 285 g/mol. The number of thiazole rings is 1. The number of hydrogen-bond acceptors (Lipinski definition) is 6. The Labute approximate surface area is 116 Å². The lowest BCUT2D eigenvalue weighted by Gasteiger charge is -1.89. The highest BCUT2D eigenvalue weighted by Crippen LogP contribution is 2.35. The SMILES string of the molecule is N#Cc1cnc(N=Cc2sc3ccccc3c2O)s1. The summed E-state index contributed by atoms with van der Waals surface area (Å²) in [4.78, 5) is 9.40. The highest BCUT2D eigenvalue weighted by atomic mass is 32.1. The molecule has 0 atom stereocenters. The van der Waals surface area contributed by atoms with Crippen LogP contribution < -0.4 is 0 Å². The molecule has 0 saturated carbocycles. The minimum absolute atomic E-state index is 0.237. The Morgan fingerprint density at radius 2 is 2.16 bits per heavy atom. The van der Waals surface area contributed by atoms with E-state index in [1.807, 2.05) is 30.3 Å². The van der Waals surface area contributed by atoms with E-state index in [4.69, 9.17) is 5.26 Å².